The molecule has 2 aromatic rings. The van der Waals surface area contributed by atoms with E-state index >= 15 is 0 Å². The topological polar surface area (TPSA) is 41.1 Å². The van der Waals surface area contributed by atoms with Crippen molar-refractivity contribution in [2.75, 3.05) is 17.2 Å². The molecule has 1 amide bonds. The number of anilines is 2. The summed E-state index contributed by atoms with van der Waals surface area (Å²) >= 11 is 5.89. The molecule has 0 atom stereocenters. The fourth-order valence-corrected chi connectivity index (χ4v) is 2.23. The molecule has 110 valence electrons. The molecule has 0 saturated heterocycles. The lowest BCUT2D eigenvalue weighted by Crippen LogP contribution is -2.22. The van der Waals surface area contributed by atoms with Crippen molar-refractivity contribution in [2.45, 2.75) is 20.3 Å². The molecule has 0 aliphatic heterocycles. The van der Waals surface area contributed by atoms with Crippen LogP contribution >= 0.6 is 11.6 Å². The molecule has 0 bridgehead atoms. The number of nitrogens with one attached hydrogen (secondary N) is 2. The highest BCUT2D eigenvalue weighted by molar-refractivity contribution is 6.30. The zero-order valence-corrected chi connectivity index (χ0v) is 13.0. The summed E-state index contributed by atoms with van der Waals surface area (Å²) in [6, 6.07) is 13.5. The first kappa shape index (κ1) is 15.4. The van der Waals surface area contributed by atoms with E-state index in [1.807, 2.05) is 31.2 Å². The Kier molecular flexibility index (Phi) is 5.23. The van der Waals surface area contributed by atoms with Crippen LogP contribution in [0.1, 0.15) is 18.1 Å². The predicted octanol–water partition coefficient (Wildman–Crippen LogP) is 4.26. The fourth-order valence-electron chi connectivity index (χ4n) is 2.00. The summed E-state index contributed by atoms with van der Waals surface area (Å²) in [6.07, 6.45) is 1.01. The quantitative estimate of drug-likeness (QED) is 0.866. The number of amides is 1. The molecule has 2 aromatic carbocycles. The van der Waals surface area contributed by atoms with Gasteiger partial charge in [0, 0.05) is 16.4 Å². The van der Waals surface area contributed by atoms with Gasteiger partial charge in [-0.15, -0.1) is 0 Å². The molecule has 3 nitrogen and oxygen atoms in total. The van der Waals surface area contributed by atoms with Gasteiger partial charge in [-0.25, -0.2) is 0 Å². The zero-order chi connectivity index (χ0) is 15.2. The van der Waals surface area contributed by atoms with E-state index in [0.29, 0.717) is 5.02 Å². The molecular formula is C17H19ClN2O. The Morgan fingerprint density at radius 1 is 1.14 bits per heavy atom. The number of carbonyl (C=O) groups is 1. The maximum atomic E-state index is 11.9. The number of hydrogen-bond acceptors (Lipinski definition) is 2. The normalized spacial score (nSPS) is 10.2. The van der Waals surface area contributed by atoms with Crippen LogP contribution in [0.15, 0.2) is 42.5 Å². The Hall–Kier alpha value is -2.00. The van der Waals surface area contributed by atoms with E-state index in [9.17, 15) is 4.79 Å². The standard InChI is InChI=1S/C17H19ClN2O/c1-3-13-4-7-15(8-5-13)19-11-17(21)20-16-9-6-14(18)10-12(16)2/h4-10,19H,3,11H2,1-2H3,(H,20,21). The van der Waals surface area contributed by atoms with Gasteiger partial charge < -0.3 is 10.6 Å². The van der Waals surface area contributed by atoms with Gasteiger partial charge in [-0.2, -0.15) is 0 Å². The van der Waals surface area contributed by atoms with Crippen molar-refractivity contribution in [1.29, 1.82) is 0 Å². The lowest BCUT2D eigenvalue weighted by atomic mass is 10.1. The van der Waals surface area contributed by atoms with Crippen LogP contribution < -0.4 is 10.6 Å². The second-order valence-corrected chi connectivity index (χ2v) is 5.35. The average Bonchev–Trinajstić information content (AvgIpc) is 2.48. The molecule has 0 fully saturated rings. The van der Waals surface area contributed by atoms with Crippen molar-refractivity contribution in [3.63, 3.8) is 0 Å². The van der Waals surface area contributed by atoms with E-state index in [-0.39, 0.29) is 12.5 Å². The van der Waals surface area contributed by atoms with Crippen LogP contribution in [0.4, 0.5) is 11.4 Å². The van der Waals surface area contributed by atoms with Gasteiger partial charge in [0.2, 0.25) is 5.91 Å². The van der Waals surface area contributed by atoms with Gasteiger partial charge in [0.15, 0.2) is 0 Å². The summed E-state index contributed by atoms with van der Waals surface area (Å²) in [6.45, 7) is 4.26. The Balaban J connectivity index is 1.89. The van der Waals surface area contributed by atoms with Gasteiger partial charge in [0.1, 0.15) is 0 Å². The Labute approximate surface area is 130 Å². The van der Waals surface area contributed by atoms with Gasteiger partial charge in [0.25, 0.3) is 0 Å². The lowest BCUT2D eigenvalue weighted by Gasteiger charge is -2.10. The number of benzene rings is 2. The minimum absolute atomic E-state index is 0.0833. The lowest BCUT2D eigenvalue weighted by molar-refractivity contribution is -0.114. The average molecular weight is 303 g/mol. The third kappa shape index (κ3) is 4.50. The summed E-state index contributed by atoms with van der Waals surface area (Å²) in [7, 11) is 0. The highest BCUT2D eigenvalue weighted by atomic mass is 35.5. The second kappa shape index (κ2) is 7.14. The Morgan fingerprint density at radius 3 is 2.48 bits per heavy atom. The summed E-state index contributed by atoms with van der Waals surface area (Å²) < 4.78 is 0. The first-order valence-corrected chi connectivity index (χ1v) is 7.35. The molecule has 21 heavy (non-hydrogen) atoms. The first-order chi connectivity index (χ1) is 10.1. The molecular weight excluding hydrogens is 284 g/mol. The number of hydrogen-bond donors (Lipinski definition) is 2. The van der Waals surface area contributed by atoms with E-state index in [4.69, 9.17) is 11.6 Å². The largest absolute Gasteiger partial charge is 0.376 e. The van der Waals surface area contributed by atoms with Gasteiger partial charge >= 0.3 is 0 Å². The molecule has 0 radical (unpaired) electrons. The fraction of sp³-hybridized carbons (Fsp3) is 0.235. The summed E-state index contributed by atoms with van der Waals surface area (Å²) in [5.41, 5.74) is 3.95. The number of halogens is 1. The van der Waals surface area contributed by atoms with E-state index in [0.717, 1.165) is 23.4 Å². The van der Waals surface area contributed by atoms with E-state index in [1.165, 1.54) is 5.56 Å². The van der Waals surface area contributed by atoms with Crippen molar-refractivity contribution in [2.24, 2.45) is 0 Å². The van der Waals surface area contributed by atoms with Crippen LogP contribution in [0.25, 0.3) is 0 Å². The van der Waals surface area contributed by atoms with Gasteiger partial charge in [-0.3, -0.25) is 4.79 Å². The summed E-state index contributed by atoms with van der Waals surface area (Å²) in [5.74, 6) is -0.0833. The molecule has 0 aliphatic rings. The smallest absolute Gasteiger partial charge is 0.243 e. The molecule has 0 heterocycles. The molecule has 2 rings (SSSR count). The van der Waals surface area contributed by atoms with Crippen molar-refractivity contribution in [1.82, 2.24) is 0 Å². The molecule has 0 saturated carbocycles. The van der Waals surface area contributed by atoms with Crippen molar-refractivity contribution in [3.8, 4) is 0 Å². The third-order valence-corrected chi connectivity index (χ3v) is 3.51. The monoisotopic (exact) mass is 302 g/mol. The second-order valence-electron chi connectivity index (χ2n) is 4.91. The zero-order valence-electron chi connectivity index (χ0n) is 12.2. The molecule has 0 unspecified atom stereocenters. The van der Waals surface area contributed by atoms with Crippen LogP contribution in [0.3, 0.4) is 0 Å². The first-order valence-electron chi connectivity index (χ1n) is 6.97. The molecule has 4 heteroatoms. The predicted molar refractivity (Wildman–Crippen MR) is 89.1 cm³/mol. The Bertz CT molecular complexity index is 623. The van der Waals surface area contributed by atoms with Crippen LogP contribution in [0.2, 0.25) is 5.02 Å². The van der Waals surface area contributed by atoms with Gasteiger partial charge in [0.05, 0.1) is 6.54 Å². The van der Waals surface area contributed by atoms with Crippen molar-refractivity contribution < 1.29 is 4.79 Å². The minimum atomic E-state index is -0.0833. The van der Waals surface area contributed by atoms with Gasteiger partial charge in [-0.1, -0.05) is 30.7 Å². The minimum Gasteiger partial charge on any atom is -0.376 e. The maximum Gasteiger partial charge on any atom is 0.243 e. The molecule has 2 N–H and O–H groups in total. The number of carbonyl (C=O) groups excluding carboxylic acids is 1. The van der Waals surface area contributed by atoms with Crippen molar-refractivity contribution >= 4 is 28.9 Å². The Morgan fingerprint density at radius 2 is 1.86 bits per heavy atom. The molecule has 0 aliphatic carbocycles. The molecule has 0 aromatic heterocycles. The third-order valence-electron chi connectivity index (χ3n) is 3.28. The summed E-state index contributed by atoms with van der Waals surface area (Å²) in [4.78, 5) is 11.9. The van der Waals surface area contributed by atoms with Crippen LogP contribution in [-0.4, -0.2) is 12.5 Å². The SMILES string of the molecule is CCc1ccc(NCC(=O)Nc2ccc(Cl)cc2C)cc1. The number of aryl methyl sites for hydroxylation is 2. The van der Waals surface area contributed by atoms with E-state index in [1.54, 1.807) is 6.07 Å². The van der Waals surface area contributed by atoms with Crippen LogP contribution in [0, 0.1) is 6.92 Å². The highest BCUT2D eigenvalue weighted by Crippen LogP contribution is 2.19. The van der Waals surface area contributed by atoms with Crippen molar-refractivity contribution in [3.05, 3.63) is 58.6 Å². The molecule has 0 spiro atoms. The van der Waals surface area contributed by atoms with Crippen LogP contribution in [0.5, 0.6) is 0 Å². The summed E-state index contributed by atoms with van der Waals surface area (Å²) in [5, 5.41) is 6.65. The van der Waals surface area contributed by atoms with E-state index < -0.39 is 0 Å². The maximum absolute atomic E-state index is 11.9. The highest BCUT2D eigenvalue weighted by Gasteiger charge is 2.05. The number of rotatable bonds is 5. The van der Waals surface area contributed by atoms with E-state index in [2.05, 4.69) is 29.7 Å². The van der Waals surface area contributed by atoms with Gasteiger partial charge in [-0.05, 0) is 54.8 Å². The van der Waals surface area contributed by atoms with Crippen LogP contribution in [-0.2, 0) is 11.2 Å².